The predicted molar refractivity (Wildman–Crippen MR) is 154 cm³/mol. The van der Waals surface area contributed by atoms with Crippen LogP contribution in [0.2, 0.25) is 0 Å². The predicted octanol–water partition coefficient (Wildman–Crippen LogP) is 4.51. The summed E-state index contributed by atoms with van der Waals surface area (Å²) in [6.45, 7) is 3.59. The standard InChI is InChI=1S/C29H35N3O4S2/c1-5-27(29(34)30-3)31(20-19-23-9-7-6-8-10-23)28(33)21-32(24-13-11-22(2)12-14-24)38(35,36)26-17-15-25(37-4)16-18-26/h6-18,27H,5,19-21H2,1-4H3,(H,30,34). The molecule has 0 aliphatic rings. The number of aryl methyl sites for hydroxylation is 1. The Hall–Kier alpha value is -3.30. The number of carbonyl (C=O) groups excluding carboxylic acids is 2. The first kappa shape index (κ1) is 29.3. The van der Waals surface area contributed by atoms with Crippen LogP contribution in [-0.4, -0.2) is 57.6 Å². The zero-order chi connectivity index (χ0) is 27.7. The lowest BCUT2D eigenvalue weighted by molar-refractivity contribution is -0.139. The quantitative estimate of drug-likeness (QED) is 0.334. The van der Waals surface area contributed by atoms with E-state index in [9.17, 15) is 18.0 Å². The van der Waals surface area contributed by atoms with E-state index >= 15 is 0 Å². The van der Waals surface area contributed by atoms with Crippen LogP contribution in [0.1, 0.15) is 24.5 Å². The summed E-state index contributed by atoms with van der Waals surface area (Å²) in [5.41, 5.74) is 2.37. The van der Waals surface area contributed by atoms with Crippen molar-refractivity contribution in [1.82, 2.24) is 10.2 Å². The van der Waals surface area contributed by atoms with E-state index in [0.29, 0.717) is 18.5 Å². The summed E-state index contributed by atoms with van der Waals surface area (Å²) in [7, 11) is -2.54. The largest absolute Gasteiger partial charge is 0.357 e. The van der Waals surface area contributed by atoms with Gasteiger partial charge in [0.05, 0.1) is 10.6 Å². The zero-order valence-corrected chi connectivity index (χ0v) is 23.9. The summed E-state index contributed by atoms with van der Waals surface area (Å²) in [6.07, 6.45) is 2.85. The fraction of sp³-hybridized carbons (Fsp3) is 0.310. The Balaban J connectivity index is 1.99. The normalized spacial score (nSPS) is 12.0. The molecule has 2 amide bonds. The molecule has 7 nitrogen and oxygen atoms in total. The van der Waals surface area contributed by atoms with Gasteiger partial charge in [-0.25, -0.2) is 8.42 Å². The van der Waals surface area contributed by atoms with Crippen LogP contribution in [0.3, 0.4) is 0 Å². The molecular weight excluding hydrogens is 518 g/mol. The van der Waals surface area contributed by atoms with Crippen LogP contribution >= 0.6 is 11.8 Å². The highest BCUT2D eigenvalue weighted by atomic mass is 32.2. The lowest BCUT2D eigenvalue weighted by atomic mass is 10.1. The third kappa shape index (κ3) is 7.17. The van der Waals surface area contributed by atoms with E-state index in [1.807, 2.05) is 62.6 Å². The average Bonchev–Trinajstić information content (AvgIpc) is 2.94. The molecule has 0 radical (unpaired) electrons. The van der Waals surface area contributed by atoms with E-state index in [0.717, 1.165) is 20.3 Å². The van der Waals surface area contributed by atoms with E-state index in [4.69, 9.17) is 0 Å². The van der Waals surface area contributed by atoms with Gasteiger partial charge in [-0.3, -0.25) is 13.9 Å². The molecule has 0 saturated heterocycles. The van der Waals surface area contributed by atoms with Gasteiger partial charge in [-0.1, -0.05) is 55.0 Å². The Morgan fingerprint density at radius 3 is 2.13 bits per heavy atom. The molecule has 1 atom stereocenters. The van der Waals surface area contributed by atoms with Crippen LogP contribution in [0.25, 0.3) is 0 Å². The topological polar surface area (TPSA) is 86.8 Å². The maximum absolute atomic E-state index is 13.9. The molecule has 1 N–H and O–H groups in total. The Bertz CT molecular complexity index is 1310. The number of benzene rings is 3. The van der Waals surface area contributed by atoms with Crippen molar-refractivity contribution in [3.63, 3.8) is 0 Å². The first-order chi connectivity index (χ1) is 18.2. The van der Waals surface area contributed by atoms with Crippen molar-refractivity contribution < 1.29 is 18.0 Å². The molecule has 0 heterocycles. The molecule has 9 heteroatoms. The second-order valence-electron chi connectivity index (χ2n) is 8.88. The SMILES string of the molecule is CCC(C(=O)NC)N(CCc1ccccc1)C(=O)CN(c1ccc(C)cc1)S(=O)(=O)c1ccc(SC)cc1. The number of likely N-dealkylation sites (N-methyl/N-ethyl adjacent to an activating group) is 1. The number of rotatable bonds is 12. The van der Waals surface area contributed by atoms with E-state index in [2.05, 4.69) is 5.32 Å². The Morgan fingerprint density at radius 2 is 1.58 bits per heavy atom. The van der Waals surface area contributed by atoms with E-state index in [1.165, 1.54) is 23.7 Å². The molecule has 0 aromatic heterocycles. The number of amides is 2. The van der Waals surface area contributed by atoms with Gasteiger partial charge >= 0.3 is 0 Å². The van der Waals surface area contributed by atoms with Crippen molar-refractivity contribution in [2.45, 2.75) is 42.5 Å². The van der Waals surface area contributed by atoms with Gasteiger partial charge < -0.3 is 10.2 Å². The molecule has 1 unspecified atom stereocenters. The van der Waals surface area contributed by atoms with Crippen LogP contribution in [0.4, 0.5) is 5.69 Å². The molecule has 3 aromatic carbocycles. The van der Waals surface area contributed by atoms with Crippen LogP contribution in [-0.2, 0) is 26.0 Å². The first-order valence-corrected chi connectivity index (χ1v) is 15.2. The monoisotopic (exact) mass is 553 g/mol. The summed E-state index contributed by atoms with van der Waals surface area (Å²) < 4.78 is 28.8. The van der Waals surface area contributed by atoms with Gasteiger partial charge in [0.15, 0.2) is 0 Å². The fourth-order valence-corrected chi connectivity index (χ4v) is 6.00. The molecule has 38 heavy (non-hydrogen) atoms. The number of hydrogen-bond donors (Lipinski definition) is 1. The Kier molecular flexibility index (Phi) is 10.4. The smallest absolute Gasteiger partial charge is 0.264 e. The minimum Gasteiger partial charge on any atom is -0.357 e. The van der Waals surface area contributed by atoms with Crippen LogP contribution < -0.4 is 9.62 Å². The van der Waals surface area contributed by atoms with Crippen LogP contribution in [0.5, 0.6) is 0 Å². The highest BCUT2D eigenvalue weighted by molar-refractivity contribution is 7.98. The van der Waals surface area contributed by atoms with Gasteiger partial charge in [0.2, 0.25) is 11.8 Å². The molecule has 3 aromatic rings. The van der Waals surface area contributed by atoms with Crippen LogP contribution in [0.15, 0.2) is 88.7 Å². The number of sulfonamides is 1. The third-order valence-corrected chi connectivity index (χ3v) is 8.90. The van der Waals surface area contributed by atoms with E-state index < -0.39 is 28.5 Å². The van der Waals surface area contributed by atoms with Gasteiger partial charge in [0.1, 0.15) is 12.6 Å². The number of anilines is 1. The number of thioether (sulfide) groups is 1. The maximum Gasteiger partial charge on any atom is 0.264 e. The maximum atomic E-state index is 13.9. The van der Waals surface area contributed by atoms with Crippen molar-refractivity contribution in [3.05, 3.63) is 90.0 Å². The number of hydrogen-bond acceptors (Lipinski definition) is 5. The molecule has 0 bridgehead atoms. The van der Waals surface area contributed by atoms with E-state index in [-0.39, 0.29) is 17.3 Å². The average molecular weight is 554 g/mol. The number of nitrogens with one attached hydrogen (secondary N) is 1. The minimum atomic E-state index is -4.07. The van der Waals surface area contributed by atoms with Crippen LogP contribution in [0, 0.1) is 6.92 Å². The van der Waals surface area contributed by atoms with Gasteiger partial charge in [-0.05, 0) is 68.0 Å². The van der Waals surface area contributed by atoms with Crippen molar-refractivity contribution in [1.29, 1.82) is 0 Å². The number of carbonyl (C=O) groups is 2. The first-order valence-electron chi connectivity index (χ1n) is 12.5. The van der Waals surface area contributed by atoms with Crippen molar-refractivity contribution >= 4 is 39.3 Å². The molecule has 0 saturated carbocycles. The second kappa shape index (κ2) is 13.5. The Labute approximate surface area is 230 Å². The summed E-state index contributed by atoms with van der Waals surface area (Å²) in [6, 6.07) is 22.6. The summed E-state index contributed by atoms with van der Waals surface area (Å²) >= 11 is 1.52. The third-order valence-electron chi connectivity index (χ3n) is 6.36. The molecule has 3 rings (SSSR count). The zero-order valence-electron chi connectivity index (χ0n) is 22.3. The molecule has 0 spiro atoms. The molecule has 0 aliphatic carbocycles. The number of nitrogens with zero attached hydrogens (tertiary/aromatic N) is 2. The molecule has 0 aliphatic heterocycles. The fourth-order valence-electron chi connectivity index (χ4n) is 4.18. The summed E-state index contributed by atoms with van der Waals surface area (Å²) in [5.74, 6) is -0.729. The molecular formula is C29H35N3O4S2. The van der Waals surface area contributed by atoms with Crippen molar-refractivity contribution in [2.24, 2.45) is 0 Å². The minimum absolute atomic E-state index is 0.0952. The van der Waals surface area contributed by atoms with Crippen molar-refractivity contribution in [2.75, 3.05) is 30.7 Å². The highest BCUT2D eigenvalue weighted by Crippen LogP contribution is 2.26. The van der Waals surface area contributed by atoms with Gasteiger partial charge in [-0.2, -0.15) is 0 Å². The summed E-state index contributed by atoms with van der Waals surface area (Å²) in [4.78, 5) is 29.1. The van der Waals surface area contributed by atoms with E-state index in [1.54, 1.807) is 36.4 Å². The lowest BCUT2D eigenvalue weighted by Gasteiger charge is -2.33. The van der Waals surface area contributed by atoms with Gasteiger partial charge in [0, 0.05) is 18.5 Å². The summed E-state index contributed by atoms with van der Waals surface area (Å²) in [5, 5.41) is 2.64. The highest BCUT2D eigenvalue weighted by Gasteiger charge is 2.33. The molecule has 0 fully saturated rings. The van der Waals surface area contributed by atoms with Gasteiger partial charge in [-0.15, -0.1) is 11.8 Å². The lowest BCUT2D eigenvalue weighted by Crippen LogP contribution is -2.52. The second-order valence-corrected chi connectivity index (χ2v) is 11.6. The Morgan fingerprint density at radius 1 is 0.947 bits per heavy atom. The molecule has 202 valence electrons. The van der Waals surface area contributed by atoms with Crippen molar-refractivity contribution in [3.8, 4) is 0 Å². The van der Waals surface area contributed by atoms with Gasteiger partial charge in [0.25, 0.3) is 10.0 Å².